The van der Waals surface area contributed by atoms with E-state index in [1.54, 1.807) is 4.90 Å². The Bertz CT molecular complexity index is 833. The summed E-state index contributed by atoms with van der Waals surface area (Å²) in [5, 5.41) is 5.58. The smallest absolute Gasteiger partial charge is 0.255 e. The predicted octanol–water partition coefficient (Wildman–Crippen LogP) is 0.757. The number of likely N-dealkylation sites (N-methyl/N-ethyl adjacent to an activating group) is 1. The van der Waals surface area contributed by atoms with E-state index in [0.29, 0.717) is 25.1 Å². The number of rotatable bonds is 5. The van der Waals surface area contributed by atoms with Gasteiger partial charge in [0.25, 0.3) is 5.91 Å². The van der Waals surface area contributed by atoms with Crippen LogP contribution >= 0.6 is 0 Å². The number of hydrogen-bond acceptors (Lipinski definition) is 5. The molecule has 1 atom stereocenters. The number of fused-ring (bicyclic) bond motifs is 1. The van der Waals surface area contributed by atoms with Crippen molar-refractivity contribution in [1.82, 2.24) is 20.4 Å². The fraction of sp³-hybridized carbons (Fsp3) is 0.450. The molecule has 1 aromatic rings. The van der Waals surface area contributed by atoms with Crippen molar-refractivity contribution in [2.75, 3.05) is 20.1 Å². The second kappa shape index (κ2) is 7.15. The van der Waals surface area contributed by atoms with Crippen molar-refractivity contribution < 1.29 is 14.4 Å². The quantitative estimate of drug-likeness (QED) is 0.750. The van der Waals surface area contributed by atoms with Gasteiger partial charge in [-0.2, -0.15) is 0 Å². The summed E-state index contributed by atoms with van der Waals surface area (Å²) in [7, 11) is 2.05. The van der Waals surface area contributed by atoms with Crippen LogP contribution in [-0.4, -0.2) is 53.7 Å². The van der Waals surface area contributed by atoms with Crippen LogP contribution < -0.4 is 10.6 Å². The molecule has 7 heteroatoms. The summed E-state index contributed by atoms with van der Waals surface area (Å²) in [6.45, 7) is 2.95. The molecule has 3 aliphatic heterocycles. The highest BCUT2D eigenvalue weighted by Crippen LogP contribution is 2.30. The number of nitrogens with one attached hydrogen (secondary N) is 2. The van der Waals surface area contributed by atoms with Crippen LogP contribution in [0.5, 0.6) is 0 Å². The van der Waals surface area contributed by atoms with Crippen LogP contribution in [0.4, 0.5) is 0 Å². The topological polar surface area (TPSA) is 81.8 Å². The molecule has 3 aliphatic rings. The van der Waals surface area contributed by atoms with Gasteiger partial charge in [0.15, 0.2) is 0 Å². The first-order valence-electron chi connectivity index (χ1n) is 9.38. The number of nitrogens with zero attached hydrogens (tertiary/aromatic N) is 2. The van der Waals surface area contributed by atoms with Crippen molar-refractivity contribution >= 4 is 17.7 Å². The van der Waals surface area contributed by atoms with Crippen molar-refractivity contribution in [1.29, 1.82) is 0 Å². The van der Waals surface area contributed by atoms with Crippen LogP contribution in [0.15, 0.2) is 30.0 Å². The molecule has 2 N–H and O–H groups in total. The zero-order valence-corrected chi connectivity index (χ0v) is 15.5. The summed E-state index contributed by atoms with van der Waals surface area (Å²) >= 11 is 0. The lowest BCUT2D eigenvalue weighted by Crippen LogP contribution is -2.52. The molecule has 1 aromatic carbocycles. The summed E-state index contributed by atoms with van der Waals surface area (Å²) in [6.07, 6.45) is 3.79. The third-order valence-electron chi connectivity index (χ3n) is 5.45. The lowest BCUT2D eigenvalue weighted by atomic mass is 10.0. The van der Waals surface area contributed by atoms with Gasteiger partial charge in [0.2, 0.25) is 11.8 Å². The van der Waals surface area contributed by atoms with Gasteiger partial charge in [0.1, 0.15) is 6.04 Å². The molecular formula is C20H24N4O3. The van der Waals surface area contributed by atoms with E-state index >= 15 is 0 Å². The third kappa shape index (κ3) is 3.47. The average molecular weight is 368 g/mol. The zero-order valence-electron chi connectivity index (χ0n) is 15.5. The van der Waals surface area contributed by atoms with E-state index in [9.17, 15) is 14.4 Å². The van der Waals surface area contributed by atoms with Crippen molar-refractivity contribution in [3.8, 4) is 0 Å². The van der Waals surface area contributed by atoms with E-state index in [-0.39, 0.29) is 24.1 Å². The maximum atomic E-state index is 13.1. The van der Waals surface area contributed by atoms with Gasteiger partial charge in [-0.3, -0.25) is 24.6 Å². The Kier molecular flexibility index (Phi) is 4.70. The van der Waals surface area contributed by atoms with Crippen molar-refractivity contribution in [2.24, 2.45) is 0 Å². The number of carbonyl (C=O) groups is 3. The molecule has 0 aromatic heterocycles. The predicted molar refractivity (Wildman–Crippen MR) is 99.5 cm³/mol. The fourth-order valence-corrected chi connectivity index (χ4v) is 4.16. The first kappa shape index (κ1) is 17.7. The Morgan fingerprint density at radius 1 is 1.19 bits per heavy atom. The Labute approximate surface area is 158 Å². The summed E-state index contributed by atoms with van der Waals surface area (Å²) in [4.78, 5) is 40.5. The first-order chi connectivity index (χ1) is 13.0. The molecule has 142 valence electrons. The van der Waals surface area contributed by atoms with Crippen LogP contribution in [0, 0.1) is 0 Å². The summed E-state index contributed by atoms with van der Waals surface area (Å²) in [5.74, 6) is -0.740. The van der Waals surface area contributed by atoms with Gasteiger partial charge >= 0.3 is 0 Å². The number of carbonyl (C=O) groups excluding carboxylic acids is 3. The summed E-state index contributed by atoms with van der Waals surface area (Å²) in [5.41, 5.74) is 4.02. The van der Waals surface area contributed by atoms with Crippen LogP contribution in [0.25, 0.3) is 0 Å². The van der Waals surface area contributed by atoms with Gasteiger partial charge in [0.05, 0.1) is 0 Å². The van der Waals surface area contributed by atoms with Gasteiger partial charge in [0, 0.05) is 38.2 Å². The van der Waals surface area contributed by atoms with Crippen LogP contribution in [0.2, 0.25) is 0 Å². The van der Waals surface area contributed by atoms with E-state index in [2.05, 4.69) is 28.8 Å². The van der Waals surface area contributed by atoms with Gasteiger partial charge in [-0.25, -0.2) is 0 Å². The molecule has 4 rings (SSSR count). The minimum atomic E-state index is -0.567. The van der Waals surface area contributed by atoms with Crippen molar-refractivity contribution in [2.45, 2.75) is 38.4 Å². The molecule has 1 fully saturated rings. The lowest BCUT2D eigenvalue weighted by Gasteiger charge is -2.29. The monoisotopic (exact) mass is 368 g/mol. The molecule has 7 nitrogen and oxygen atoms in total. The fourth-order valence-electron chi connectivity index (χ4n) is 4.16. The van der Waals surface area contributed by atoms with Crippen LogP contribution in [0.3, 0.4) is 0 Å². The van der Waals surface area contributed by atoms with Crippen molar-refractivity contribution in [3.63, 3.8) is 0 Å². The van der Waals surface area contributed by atoms with Crippen LogP contribution in [-0.2, 0) is 22.7 Å². The molecule has 0 saturated carbocycles. The highest BCUT2D eigenvalue weighted by atomic mass is 16.2. The standard InChI is InChI=1S/C20H24N4O3/c1-23(10-13-7-8-21-9-13)11-14-3-2-4-15-12-24(20(27)18(14)15)16-5-6-17(25)22-19(16)26/h2-4,9,16,21H,5-8,10-12H2,1H3,(H,22,25,26). The molecule has 0 radical (unpaired) electrons. The minimum absolute atomic E-state index is 0.106. The second-order valence-corrected chi connectivity index (χ2v) is 7.53. The molecule has 3 heterocycles. The van der Waals surface area contributed by atoms with Crippen LogP contribution in [0.1, 0.15) is 40.7 Å². The first-order valence-corrected chi connectivity index (χ1v) is 9.38. The maximum Gasteiger partial charge on any atom is 0.255 e. The normalized spacial score (nSPS) is 22.0. The molecule has 0 spiro atoms. The number of amides is 3. The largest absolute Gasteiger partial charge is 0.391 e. The highest BCUT2D eigenvalue weighted by Gasteiger charge is 2.39. The Hall–Kier alpha value is -2.67. The maximum absolute atomic E-state index is 13.1. The zero-order chi connectivity index (χ0) is 19.0. The van der Waals surface area contributed by atoms with E-state index in [4.69, 9.17) is 0 Å². The number of benzene rings is 1. The van der Waals surface area contributed by atoms with Gasteiger partial charge in [-0.15, -0.1) is 0 Å². The lowest BCUT2D eigenvalue weighted by molar-refractivity contribution is -0.136. The van der Waals surface area contributed by atoms with E-state index in [0.717, 1.165) is 30.6 Å². The molecule has 3 amide bonds. The number of imide groups is 1. The van der Waals surface area contributed by atoms with Gasteiger partial charge in [-0.05, 0) is 42.8 Å². The summed E-state index contributed by atoms with van der Waals surface area (Å²) in [6, 6.07) is 5.34. The molecule has 0 aliphatic carbocycles. The summed E-state index contributed by atoms with van der Waals surface area (Å²) < 4.78 is 0. The van der Waals surface area contributed by atoms with E-state index in [1.807, 2.05) is 18.2 Å². The van der Waals surface area contributed by atoms with E-state index in [1.165, 1.54) is 5.57 Å². The Morgan fingerprint density at radius 3 is 2.78 bits per heavy atom. The number of hydrogen-bond donors (Lipinski definition) is 2. The molecule has 1 saturated heterocycles. The Morgan fingerprint density at radius 2 is 2.04 bits per heavy atom. The number of piperidine rings is 1. The Balaban J connectivity index is 1.51. The molecule has 1 unspecified atom stereocenters. The molecule has 27 heavy (non-hydrogen) atoms. The van der Waals surface area contributed by atoms with Crippen molar-refractivity contribution in [3.05, 3.63) is 46.7 Å². The van der Waals surface area contributed by atoms with E-state index < -0.39 is 6.04 Å². The SMILES string of the molecule is CN(CC1=CNCC1)Cc1cccc2c1C(=O)N(C1CCC(=O)NC1=O)C2. The minimum Gasteiger partial charge on any atom is -0.391 e. The molecule has 0 bridgehead atoms. The third-order valence-corrected chi connectivity index (χ3v) is 5.45. The molecular weight excluding hydrogens is 344 g/mol. The second-order valence-electron chi connectivity index (χ2n) is 7.53. The van der Waals surface area contributed by atoms with Gasteiger partial charge in [-0.1, -0.05) is 18.2 Å². The van der Waals surface area contributed by atoms with Gasteiger partial charge < -0.3 is 10.2 Å². The highest BCUT2D eigenvalue weighted by molar-refractivity contribution is 6.05. The average Bonchev–Trinajstić information content (AvgIpc) is 3.24.